The number of hydrogen-bond donors (Lipinski definition) is 1. The Kier molecular flexibility index (Phi) is 5.54. The Balaban J connectivity index is 1.84. The normalized spacial score (nSPS) is 13.8. The lowest BCUT2D eigenvalue weighted by Gasteiger charge is -2.21. The summed E-state index contributed by atoms with van der Waals surface area (Å²) in [5.74, 6) is -0.417. The van der Waals surface area contributed by atoms with E-state index in [9.17, 15) is 18.0 Å². The summed E-state index contributed by atoms with van der Waals surface area (Å²) in [6, 6.07) is 9.87. The molecule has 1 N–H and O–H groups in total. The fourth-order valence-electron chi connectivity index (χ4n) is 3.71. The van der Waals surface area contributed by atoms with Gasteiger partial charge in [-0.15, -0.1) is 11.3 Å². The molecule has 3 aromatic rings. The number of carbonyl (C=O) groups is 1. The highest BCUT2D eigenvalue weighted by Gasteiger charge is 2.36. The number of aromatic nitrogens is 1. The van der Waals surface area contributed by atoms with Gasteiger partial charge in [0.2, 0.25) is 5.91 Å². The van der Waals surface area contributed by atoms with Gasteiger partial charge in [-0.2, -0.15) is 13.2 Å². The van der Waals surface area contributed by atoms with Crippen molar-refractivity contribution in [3.63, 3.8) is 0 Å². The first kappa shape index (κ1) is 22.0. The van der Waals surface area contributed by atoms with Gasteiger partial charge in [0, 0.05) is 24.5 Å². The SMILES string of the molecule is Cc1nc(-c2cccc(C3=Nc4cc(N(C)C)c(C(F)(F)F)cc4NC(=O)C3)c2)c(C)s1. The Morgan fingerprint density at radius 3 is 2.44 bits per heavy atom. The van der Waals surface area contributed by atoms with Gasteiger partial charge in [0.1, 0.15) is 0 Å². The van der Waals surface area contributed by atoms with Crippen LogP contribution in [0, 0.1) is 13.8 Å². The van der Waals surface area contributed by atoms with Crippen molar-refractivity contribution in [2.24, 2.45) is 4.99 Å². The standard InChI is InChI=1S/C23H21F3N4OS/c1-12-22(27-13(2)32-12)15-7-5-6-14(8-15)17-11-21(31)29-18-9-16(23(24,25)26)20(30(3)4)10-19(18)28-17/h5-10H,11H2,1-4H3,(H,29,31). The van der Waals surface area contributed by atoms with E-state index in [1.54, 1.807) is 25.4 Å². The number of nitrogens with one attached hydrogen (secondary N) is 1. The molecule has 0 bridgehead atoms. The van der Waals surface area contributed by atoms with E-state index in [-0.39, 0.29) is 23.5 Å². The van der Waals surface area contributed by atoms with Crippen LogP contribution < -0.4 is 10.2 Å². The van der Waals surface area contributed by atoms with E-state index in [4.69, 9.17) is 0 Å². The molecule has 0 fully saturated rings. The van der Waals surface area contributed by atoms with Crippen molar-refractivity contribution in [3.05, 3.63) is 57.4 Å². The zero-order chi connectivity index (χ0) is 23.2. The molecule has 0 saturated heterocycles. The molecule has 0 radical (unpaired) electrons. The van der Waals surface area contributed by atoms with Crippen molar-refractivity contribution in [1.82, 2.24) is 4.98 Å². The maximum absolute atomic E-state index is 13.6. The highest BCUT2D eigenvalue weighted by Crippen LogP contribution is 2.43. The van der Waals surface area contributed by atoms with Crippen LogP contribution >= 0.6 is 11.3 Å². The summed E-state index contributed by atoms with van der Waals surface area (Å²) < 4.78 is 40.7. The molecular weight excluding hydrogens is 437 g/mol. The predicted octanol–water partition coefficient (Wildman–Crippen LogP) is 5.97. The molecule has 1 aliphatic rings. The number of thiazole rings is 1. The Hall–Kier alpha value is -3.20. The van der Waals surface area contributed by atoms with Crippen molar-refractivity contribution >= 4 is 40.0 Å². The monoisotopic (exact) mass is 458 g/mol. The quantitative estimate of drug-likeness (QED) is 0.526. The lowest BCUT2D eigenvalue weighted by Crippen LogP contribution is -2.18. The number of amides is 1. The third-order valence-corrected chi connectivity index (χ3v) is 6.02. The molecule has 0 spiro atoms. The summed E-state index contributed by atoms with van der Waals surface area (Å²) in [7, 11) is 3.08. The van der Waals surface area contributed by atoms with Crippen LogP contribution in [0.25, 0.3) is 11.3 Å². The Bertz CT molecular complexity index is 1240. The maximum atomic E-state index is 13.6. The number of benzene rings is 2. The number of fused-ring (bicyclic) bond motifs is 1. The van der Waals surface area contributed by atoms with E-state index in [1.165, 1.54) is 11.0 Å². The molecular formula is C23H21F3N4OS. The zero-order valence-corrected chi connectivity index (χ0v) is 18.8. The Labute approximate surface area is 187 Å². The van der Waals surface area contributed by atoms with Crippen molar-refractivity contribution < 1.29 is 18.0 Å². The number of hydrogen-bond acceptors (Lipinski definition) is 5. The van der Waals surface area contributed by atoms with Crippen molar-refractivity contribution in [3.8, 4) is 11.3 Å². The summed E-state index contributed by atoms with van der Waals surface area (Å²) in [6.07, 6.45) is -4.61. The number of halogens is 3. The van der Waals surface area contributed by atoms with Crippen LogP contribution in [-0.2, 0) is 11.0 Å². The second-order valence-corrected chi connectivity index (χ2v) is 9.19. The van der Waals surface area contributed by atoms with Crippen LogP contribution in [0.3, 0.4) is 0 Å². The fraction of sp³-hybridized carbons (Fsp3) is 0.261. The number of carbonyl (C=O) groups excluding carboxylic acids is 1. The molecule has 0 unspecified atom stereocenters. The fourth-order valence-corrected chi connectivity index (χ4v) is 4.55. The molecule has 166 valence electrons. The second-order valence-electron chi connectivity index (χ2n) is 7.78. The average molecular weight is 459 g/mol. The second kappa shape index (κ2) is 8.05. The van der Waals surface area contributed by atoms with Crippen LogP contribution in [0.1, 0.15) is 27.4 Å². The molecule has 0 atom stereocenters. The molecule has 32 heavy (non-hydrogen) atoms. The van der Waals surface area contributed by atoms with Crippen molar-refractivity contribution in [1.29, 1.82) is 0 Å². The van der Waals surface area contributed by atoms with Crippen LogP contribution in [0.15, 0.2) is 41.4 Å². The van der Waals surface area contributed by atoms with E-state index >= 15 is 0 Å². The zero-order valence-electron chi connectivity index (χ0n) is 18.0. The number of aliphatic imine (C=N–C) groups is 1. The molecule has 0 aliphatic carbocycles. The number of rotatable bonds is 3. The van der Waals surface area contributed by atoms with Gasteiger partial charge in [-0.1, -0.05) is 18.2 Å². The van der Waals surface area contributed by atoms with Crippen molar-refractivity contribution in [2.45, 2.75) is 26.4 Å². The summed E-state index contributed by atoms with van der Waals surface area (Å²) in [5, 5.41) is 3.53. The minimum Gasteiger partial charge on any atom is -0.377 e. The largest absolute Gasteiger partial charge is 0.418 e. The molecule has 1 aromatic heterocycles. The molecule has 2 heterocycles. The predicted molar refractivity (Wildman–Crippen MR) is 122 cm³/mol. The number of nitrogens with zero attached hydrogens (tertiary/aromatic N) is 3. The molecule has 0 saturated carbocycles. The first-order valence-corrected chi connectivity index (χ1v) is 10.7. The van der Waals surface area contributed by atoms with Crippen LogP contribution in [-0.4, -0.2) is 30.7 Å². The molecule has 5 nitrogen and oxygen atoms in total. The topological polar surface area (TPSA) is 57.6 Å². The van der Waals surface area contributed by atoms with Gasteiger partial charge >= 0.3 is 6.18 Å². The van der Waals surface area contributed by atoms with Crippen LogP contribution in [0.5, 0.6) is 0 Å². The minimum absolute atomic E-state index is 0.0159. The first-order valence-electron chi connectivity index (χ1n) is 9.87. The summed E-state index contributed by atoms with van der Waals surface area (Å²) >= 11 is 1.61. The van der Waals surface area contributed by atoms with E-state index < -0.39 is 17.6 Å². The van der Waals surface area contributed by atoms with Gasteiger partial charge < -0.3 is 10.2 Å². The first-order chi connectivity index (χ1) is 15.0. The smallest absolute Gasteiger partial charge is 0.377 e. The number of anilines is 2. The minimum atomic E-state index is -4.56. The van der Waals surface area contributed by atoms with Gasteiger partial charge in [-0.05, 0) is 37.6 Å². The third-order valence-electron chi connectivity index (χ3n) is 5.13. The van der Waals surface area contributed by atoms with Crippen LogP contribution in [0.2, 0.25) is 0 Å². The highest BCUT2D eigenvalue weighted by molar-refractivity contribution is 7.11. The Morgan fingerprint density at radius 2 is 1.81 bits per heavy atom. The highest BCUT2D eigenvalue weighted by atomic mass is 32.1. The molecule has 1 amide bonds. The maximum Gasteiger partial charge on any atom is 0.418 e. The lowest BCUT2D eigenvalue weighted by molar-refractivity contribution is -0.137. The van der Waals surface area contributed by atoms with Crippen molar-refractivity contribution in [2.75, 3.05) is 24.3 Å². The Morgan fingerprint density at radius 1 is 1.09 bits per heavy atom. The lowest BCUT2D eigenvalue weighted by atomic mass is 10.0. The van der Waals surface area contributed by atoms with Gasteiger partial charge in [0.25, 0.3) is 0 Å². The number of aryl methyl sites for hydroxylation is 2. The van der Waals surface area contributed by atoms with Gasteiger partial charge in [0.05, 0.1) is 45.5 Å². The molecule has 9 heteroatoms. The molecule has 4 rings (SSSR count). The van der Waals surface area contributed by atoms with E-state index in [1.807, 2.05) is 38.1 Å². The van der Waals surface area contributed by atoms with Crippen LogP contribution in [0.4, 0.5) is 30.2 Å². The van der Waals surface area contributed by atoms with E-state index in [0.29, 0.717) is 5.71 Å². The summed E-state index contributed by atoms with van der Waals surface area (Å²) in [6.45, 7) is 3.94. The van der Waals surface area contributed by atoms with E-state index in [0.717, 1.165) is 32.8 Å². The average Bonchev–Trinajstić information content (AvgIpc) is 2.95. The van der Waals surface area contributed by atoms with Gasteiger partial charge in [-0.25, -0.2) is 4.98 Å². The van der Waals surface area contributed by atoms with Gasteiger partial charge in [0.15, 0.2) is 0 Å². The summed E-state index contributed by atoms with van der Waals surface area (Å²) in [4.78, 5) is 24.2. The third kappa shape index (κ3) is 4.25. The number of alkyl halides is 3. The van der Waals surface area contributed by atoms with E-state index in [2.05, 4.69) is 15.3 Å². The summed E-state index contributed by atoms with van der Waals surface area (Å²) in [5.41, 5.74) is 2.48. The molecule has 2 aromatic carbocycles. The molecule has 1 aliphatic heterocycles. The van der Waals surface area contributed by atoms with Gasteiger partial charge in [-0.3, -0.25) is 9.79 Å².